The number of sulfonamides is 2. The van der Waals surface area contributed by atoms with Crippen molar-refractivity contribution in [2.75, 3.05) is 43.4 Å². The van der Waals surface area contributed by atoms with Crippen molar-refractivity contribution in [1.29, 1.82) is 0 Å². The molecule has 1 saturated heterocycles. The van der Waals surface area contributed by atoms with Crippen LogP contribution in [0.1, 0.15) is 31.2 Å². The first-order valence-electron chi connectivity index (χ1n) is 13.4. The van der Waals surface area contributed by atoms with Crippen molar-refractivity contribution in [2.45, 2.75) is 30.9 Å². The summed E-state index contributed by atoms with van der Waals surface area (Å²) in [5.41, 5.74) is 2.93. The lowest BCUT2D eigenvalue weighted by molar-refractivity contribution is 0.0727. The maximum absolute atomic E-state index is 13.7. The first-order valence-corrected chi connectivity index (χ1v) is 16.8. The first-order chi connectivity index (χ1) is 19.5. The summed E-state index contributed by atoms with van der Waals surface area (Å²) in [5.74, 6) is 0.761. The molecule has 2 aliphatic rings. The molecule has 2 aromatic heterocycles. The SMILES string of the molecule is CC(CN(c1cc2oc(-c3ccc(F)cc3)c(-c3ncc[nH]3)c2cc1C1CC1)S(C)(=O)=O)S(=O)(=O)N1CCOCC1. The van der Waals surface area contributed by atoms with Gasteiger partial charge in [0.25, 0.3) is 0 Å². The second-order valence-electron chi connectivity index (χ2n) is 10.6. The molecule has 218 valence electrons. The number of hydrogen-bond acceptors (Lipinski definition) is 7. The molecule has 2 aromatic carbocycles. The Morgan fingerprint density at radius 1 is 1.12 bits per heavy atom. The molecule has 6 rings (SSSR count). The number of nitrogens with zero attached hydrogens (tertiary/aromatic N) is 3. The molecular weight excluding hydrogens is 571 g/mol. The fourth-order valence-corrected chi connectivity index (χ4v) is 7.93. The smallest absolute Gasteiger partial charge is 0.232 e. The predicted octanol–water partition coefficient (Wildman–Crippen LogP) is 4.32. The van der Waals surface area contributed by atoms with Gasteiger partial charge in [-0.1, -0.05) is 0 Å². The van der Waals surface area contributed by atoms with Crippen LogP contribution in [0.3, 0.4) is 0 Å². The van der Waals surface area contributed by atoms with Crippen LogP contribution in [0, 0.1) is 5.82 Å². The van der Waals surface area contributed by atoms with Gasteiger partial charge in [-0.05, 0) is 61.6 Å². The van der Waals surface area contributed by atoms with Gasteiger partial charge in [0, 0.05) is 42.5 Å². The number of anilines is 1. The monoisotopic (exact) mass is 602 g/mol. The van der Waals surface area contributed by atoms with Crippen LogP contribution in [0.15, 0.2) is 53.2 Å². The molecule has 1 aliphatic carbocycles. The number of morpholine rings is 1. The van der Waals surface area contributed by atoms with Gasteiger partial charge in [-0.25, -0.2) is 26.2 Å². The topological polar surface area (TPSA) is 126 Å². The number of ether oxygens (including phenoxy) is 1. The first kappa shape index (κ1) is 27.9. The Hall–Kier alpha value is -3.26. The Balaban J connectivity index is 1.49. The summed E-state index contributed by atoms with van der Waals surface area (Å²) >= 11 is 0. The van der Waals surface area contributed by atoms with Gasteiger partial charge in [-0.15, -0.1) is 0 Å². The number of rotatable bonds is 9. The molecule has 41 heavy (non-hydrogen) atoms. The van der Waals surface area contributed by atoms with E-state index in [0.29, 0.717) is 47.2 Å². The van der Waals surface area contributed by atoms with E-state index in [2.05, 4.69) is 9.97 Å². The Bertz CT molecular complexity index is 1780. The summed E-state index contributed by atoms with van der Waals surface area (Å²) in [6, 6.07) is 9.52. The molecular formula is C28H31FN4O6S2. The molecule has 1 aliphatic heterocycles. The molecule has 0 spiro atoms. The van der Waals surface area contributed by atoms with Crippen molar-refractivity contribution < 1.29 is 30.4 Å². The Labute approximate surface area is 238 Å². The lowest BCUT2D eigenvalue weighted by Gasteiger charge is -2.32. The van der Waals surface area contributed by atoms with E-state index < -0.39 is 25.3 Å². The van der Waals surface area contributed by atoms with Crippen molar-refractivity contribution in [3.63, 3.8) is 0 Å². The highest BCUT2D eigenvalue weighted by Gasteiger charge is 2.37. The average molecular weight is 603 g/mol. The highest BCUT2D eigenvalue weighted by Crippen LogP contribution is 2.49. The van der Waals surface area contributed by atoms with Gasteiger partial charge < -0.3 is 14.1 Å². The highest BCUT2D eigenvalue weighted by molar-refractivity contribution is 7.92. The summed E-state index contributed by atoms with van der Waals surface area (Å²) < 4.78 is 81.1. The van der Waals surface area contributed by atoms with E-state index >= 15 is 0 Å². The predicted molar refractivity (Wildman–Crippen MR) is 154 cm³/mol. The maximum atomic E-state index is 13.7. The van der Waals surface area contributed by atoms with Crippen molar-refractivity contribution >= 4 is 36.7 Å². The summed E-state index contributed by atoms with van der Waals surface area (Å²) in [6.45, 7) is 2.36. The minimum atomic E-state index is -3.88. The number of nitrogens with one attached hydrogen (secondary N) is 1. The molecule has 1 unspecified atom stereocenters. The molecule has 4 aromatic rings. The van der Waals surface area contributed by atoms with Crippen LogP contribution in [0.5, 0.6) is 0 Å². The summed E-state index contributed by atoms with van der Waals surface area (Å²) in [7, 11) is -7.66. The second kappa shape index (κ2) is 10.5. The standard InChI is InChI=1S/C28H31FN4O6S2/c1-18(41(36,37)32-11-13-38-14-12-32)17-33(40(2,34)35)24-16-25-23(15-22(24)19-3-4-19)26(28-30-9-10-31-28)27(39-25)20-5-7-21(29)8-6-20/h5-10,15-16,18-19H,3-4,11-14,17H2,1-2H3,(H,30,31). The molecule has 0 bridgehead atoms. The molecule has 1 atom stereocenters. The normalized spacial score (nSPS) is 17.6. The van der Waals surface area contributed by atoms with E-state index in [1.807, 2.05) is 6.07 Å². The lowest BCUT2D eigenvalue weighted by atomic mass is 10.0. The van der Waals surface area contributed by atoms with Crippen molar-refractivity contribution in [2.24, 2.45) is 0 Å². The molecule has 10 nitrogen and oxygen atoms in total. The Morgan fingerprint density at radius 3 is 2.44 bits per heavy atom. The van der Waals surface area contributed by atoms with Crippen molar-refractivity contribution in [3.05, 3.63) is 60.2 Å². The van der Waals surface area contributed by atoms with E-state index in [1.165, 1.54) is 27.7 Å². The quantitative estimate of drug-likeness (QED) is 0.302. The molecule has 2 fully saturated rings. The van der Waals surface area contributed by atoms with Crippen LogP contribution >= 0.6 is 0 Å². The van der Waals surface area contributed by atoms with E-state index in [4.69, 9.17) is 9.15 Å². The molecule has 0 radical (unpaired) electrons. The van der Waals surface area contributed by atoms with Gasteiger partial charge in [0.15, 0.2) is 0 Å². The third-order valence-corrected chi connectivity index (χ3v) is 11.0. The second-order valence-corrected chi connectivity index (χ2v) is 14.9. The fraction of sp³-hybridized carbons (Fsp3) is 0.393. The van der Waals surface area contributed by atoms with E-state index in [-0.39, 0.29) is 31.4 Å². The largest absolute Gasteiger partial charge is 0.455 e. The summed E-state index contributed by atoms with van der Waals surface area (Å²) in [5, 5.41) is -0.268. The molecule has 0 amide bonds. The van der Waals surface area contributed by atoms with Gasteiger partial charge in [0.2, 0.25) is 20.0 Å². The van der Waals surface area contributed by atoms with E-state index in [0.717, 1.165) is 30.0 Å². The number of fused-ring (bicyclic) bond motifs is 1. The minimum absolute atomic E-state index is 0.124. The van der Waals surface area contributed by atoms with Gasteiger partial charge in [-0.2, -0.15) is 4.31 Å². The van der Waals surface area contributed by atoms with Crippen LogP contribution in [-0.4, -0.2) is 75.5 Å². The minimum Gasteiger partial charge on any atom is -0.455 e. The van der Waals surface area contributed by atoms with E-state index in [1.54, 1.807) is 30.6 Å². The fourth-order valence-electron chi connectivity index (χ4n) is 5.32. The number of benzene rings is 2. The third kappa shape index (κ3) is 5.39. The van der Waals surface area contributed by atoms with Gasteiger partial charge in [-0.3, -0.25) is 4.31 Å². The Morgan fingerprint density at radius 2 is 1.83 bits per heavy atom. The number of imidazole rings is 1. The van der Waals surface area contributed by atoms with Crippen LogP contribution in [0.4, 0.5) is 10.1 Å². The highest BCUT2D eigenvalue weighted by atomic mass is 32.2. The van der Waals surface area contributed by atoms with Gasteiger partial charge >= 0.3 is 0 Å². The van der Waals surface area contributed by atoms with Crippen LogP contribution < -0.4 is 4.31 Å². The number of hydrogen-bond donors (Lipinski definition) is 1. The zero-order chi connectivity index (χ0) is 28.9. The molecule has 1 N–H and O–H groups in total. The van der Waals surface area contributed by atoms with E-state index in [9.17, 15) is 21.2 Å². The van der Waals surface area contributed by atoms with Gasteiger partial charge in [0.05, 0.1) is 42.5 Å². The average Bonchev–Trinajstić information content (AvgIpc) is 3.52. The lowest BCUT2D eigenvalue weighted by Crippen LogP contribution is -2.48. The van der Waals surface area contributed by atoms with Gasteiger partial charge in [0.1, 0.15) is 23.0 Å². The molecule has 1 saturated carbocycles. The van der Waals surface area contributed by atoms with Crippen LogP contribution in [0.2, 0.25) is 0 Å². The number of H-pyrrole nitrogens is 1. The van der Waals surface area contributed by atoms with Crippen LogP contribution in [-0.2, 0) is 24.8 Å². The maximum Gasteiger partial charge on any atom is 0.232 e. The number of halogens is 1. The number of aromatic amines is 1. The molecule has 13 heteroatoms. The number of furan rings is 1. The van der Waals surface area contributed by atoms with Crippen LogP contribution in [0.25, 0.3) is 33.7 Å². The summed E-state index contributed by atoms with van der Waals surface area (Å²) in [4.78, 5) is 7.56. The van der Waals surface area contributed by atoms with Crippen molar-refractivity contribution in [3.8, 4) is 22.7 Å². The number of aromatic nitrogens is 2. The van der Waals surface area contributed by atoms with Crippen molar-refractivity contribution in [1.82, 2.24) is 14.3 Å². The zero-order valence-electron chi connectivity index (χ0n) is 22.7. The molecule has 3 heterocycles. The zero-order valence-corrected chi connectivity index (χ0v) is 24.3. The Kier molecular flexibility index (Phi) is 7.17. The summed E-state index contributed by atoms with van der Waals surface area (Å²) in [6.07, 6.45) is 6.18. The third-order valence-electron chi connectivity index (χ3n) is 7.63.